The van der Waals surface area contributed by atoms with Gasteiger partial charge in [-0.05, 0) is 48.4 Å². The Labute approximate surface area is 168 Å². The van der Waals surface area contributed by atoms with Crippen molar-refractivity contribution in [2.75, 3.05) is 19.5 Å². The largest absolute Gasteiger partial charge is 0.497 e. The molecule has 0 aliphatic carbocycles. The van der Waals surface area contributed by atoms with Crippen molar-refractivity contribution in [1.29, 1.82) is 0 Å². The van der Waals surface area contributed by atoms with E-state index in [2.05, 4.69) is 10.3 Å². The van der Waals surface area contributed by atoms with Crippen LogP contribution < -0.4 is 14.8 Å². The van der Waals surface area contributed by atoms with E-state index in [1.807, 2.05) is 60.3 Å². The maximum atomic E-state index is 12.3. The molecule has 0 bridgehead atoms. The Morgan fingerprint density at radius 1 is 1.11 bits per heavy atom. The maximum absolute atomic E-state index is 12.3. The second-order valence-electron chi connectivity index (χ2n) is 6.22. The lowest BCUT2D eigenvalue weighted by atomic mass is 10.1. The van der Waals surface area contributed by atoms with Crippen molar-refractivity contribution in [2.45, 2.75) is 22.9 Å². The summed E-state index contributed by atoms with van der Waals surface area (Å²) in [5, 5.41) is 3.86. The summed E-state index contributed by atoms with van der Waals surface area (Å²) < 4.78 is 12.5. The zero-order valence-corrected chi connectivity index (χ0v) is 17.0. The molecule has 146 valence electrons. The standard InChI is InChI=1S/C21H23N3O3S/c1-24-11-10-22-21(24)28-19-7-5-16(6-8-19)23-20(25)9-4-15-12-17(26-2)14-18(13-15)27-3/h5-8,10-14H,4,9H2,1-3H3,(H,23,25). The number of hydrogen-bond donors (Lipinski definition) is 1. The molecule has 0 radical (unpaired) electrons. The number of carbonyl (C=O) groups excluding carboxylic acids is 1. The second-order valence-corrected chi connectivity index (χ2v) is 7.26. The van der Waals surface area contributed by atoms with Gasteiger partial charge in [0.1, 0.15) is 11.5 Å². The highest BCUT2D eigenvalue weighted by molar-refractivity contribution is 7.99. The van der Waals surface area contributed by atoms with Gasteiger partial charge >= 0.3 is 0 Å². The molecule has 0 aliphatic rings. The van der Waals surface area contributed by atoms with E-state index in [9.17, 15) is 4.79 Å². The Hall–Kier alpha value is -2.93. The first-order valence-corrected chi connectivity index (χ1v) is 9.66. The summed E-state index contributed by atoms with van der Waals surface area (Å²) in [5.74, 6) is 1.40. The summed E-state index contributed by atoms with van der Waals surface area (Å²) in [6.45, 7) is 0. The minimum absolute atomic E-state index is 0.0358. The van der Waals surface area contributed by atoms with E-state index >= 15 is 0 Å². The summed E-state index contributed by atoms with van der Waals surface area (Å²) >= 11 is 1.58. The van der Waals surface area contributed by atoms with E-state index in [4.69, 9.17) is 9.47 Å². The zero-order valence-electron chi connectivity index (χ0n) is 16.1. The van der Waals surface area contributed by atoms with Gasteiger partial charge < -0.3 is 19.4 Å². The van der Waals surface area contributed by atoms with Gasteiger partial charge in [0.05, 0.1) is 14.2 Å². The lowest BCUT2D eigenvalue weighted by molar-refractivity contribution is -0.116. The zero-order chi connectivity index (χ0) is 19.9. The first-order valence-electron chi connectivity index (χ1n) is 8.84. The molecule has 0 saturated carbocycles. The van der Waals surface area contributed by atoms with Crippen LogP contribution in [0.2, 0.25) is 0 Å². The Kier molecular flexibility index (Phi) is 6.60. The molecule has 3 aromatic rings. The molecule has 0 saturated heterocycles. The lowest BCUT2D eigenvalue weighted by Gasteiger charge is -2.09. The number of nitrogens with zero attached hydrogens (tertiary/aromatic N) is 2. The van der Waals surface area contributed by atoms with Crippen molar-refractivity contribution in [2.24, 2.45) is 7.05 Å². The summed E-state index contributed by atoms with van der Waals surface area (Å²) in [7, 11) is 5.18. The quantitative estimate of drug-likeness (QED) is 0.618. The molecule has 1 amide bonds. The molecule has 0 spiro atoms. The highest BCUT2D eigenvalue weighted by atomic mass is 32.2. The normalized spacial score (nSPS) is 10.5. The van der Waals surface area contributed by atoms with Crippen LogP contribution in [0, 0.1) is 0 Å². The molecular weight excluding hydrogens is 374 g/mol. The molecule has 0 atom stereocenters. The third-order valence-electron chi connectivity index (χ3n) is 4.18. The molecule has 1 aromatic heterocycles. The van der Waals surface area contributed by atoms with Crippen molar-refractivity contribution < 1.29 is 14.3 Å². The van der Waals surface area contributed by atoms with Gasteiger partial charge in [0.2, 0.25) is 5.91 Å². The fraction of sp³-hybridized carbons (Fsp3) is 0.238. The minimum Gasteiger partial charge on any atom is -0.497 e. The van der Waals surface area contributed by atoms with Gasteiger partial charge in [-0.2, -0.15) is 0 Å². The smallest absolute Gasteiger partial charge is 0.224 e. The highest BCUT2D eigenvalue weighted by Crippen LogP contribution is 2.27. The number of aromatic nitrogens is 2. The van der Waals surface area contributed by atoms with Crippen molar-refractivity contribution in [3.63, 3.8) is 0 Å². The van der Waals surface area contributed by atoms with Crippen LogP contribution in [0.1, 0.15) is 12.0 Å². The number of ether oxygens (including phenoxy) is 2. The lowest BCUT2D eigenvalue weighted by Crippen LogP contribution is -2.12. The molecule has 0 fully saturated rings. The molecule has 6 nitrogen and oxygen atoms in total. The fourth-order valence-electron chi connectivity index (χ4n) is 2.65. The van der Waals surface area contributed by atoms with Crippen LogP contribution in [0.4, 0.5) is 5.69 Å². The number of benzene rings is 2. The van der Waals surface area contributed by atoms with E-state index in [1.165, 1.54) is 0 Å². The van der Waals surface area contributed by atoms with E-state index in [0.717, 1.165) is 32.8 Å². The van der Waals surface area contributed by atoms with Gasteiger partial charge in [0, 0.05) is 42.5 Å². The predicted octanol–water partition coefficient (Wildman–Crippen LogP) is 4.16. The first kappa shape index (κ1) is 19.8. The molecule has 3 rings (SSSR count). The van der Waals surface area contributed by atoms with Gasteiger partial charge in [-0.3, -0.25) is 4.79 Å². The number of aryl methyl sites for hydroxylation is 2. The number of hydrogen-bond acceptors (Lipinski definition) is 5. The number of nitrogens with one attached hydrogen (secondary N) is 1. The minimum atomic E-state index is -0.0358. The monoisotopic (exact) mass is 397 g/mol. The Morgan fingerprint density at radius 2 is 1.79 bits per heavy atom. The molecule has 1 N–H and O–H groups in total. The molecule has 1 heterocycles. The van der Waals surface area contributed by atoms with Crippen LogP contribution in [0.25, 0.3) is 0 Å². The van der Waals surface area contributed by atoms with Gasteiger partial charge in [-0.15, -0.1) is 0 Å². The van der Waals surface area contributed by atoms with Crippen molar-refractivity contribution in [3.05, 3.63) is 60.4 Å². The van der Waals surface area contributed by atoms with E-state index in [0.29, 0.717) is 12.8 Å². The maximum Gasteiger partial charge on any atom is 0.224 e. The molecule has 0 unspecified atom stereocenters. The third kappa shape index (κ3) is 5.29. The summed E-state index contributed by atoms with van der Waals surface area (Å²) in [5.41, 5.74) is 1.77. The number of carbonyl (C=O) groups is 1. The van der Waals surface area contributed by atoms with E-state index in [1.54, 1.807) is 32.2 Å². The van der Waals surface area contributed by atoms with Gasteiger partial charge in [-0.1, -0.05) is 11.8 Å². The Morgan fingerprint density at radius 3 is 2.36 bits per heavy atom. The molecule has 2 aromatic carbocycles. The van der Waals surface area contributed by atoms with Crippen LogP contribution >= 0.6 is 11.8 Å². The Balaban J connectivity index is 1.54. The van der Waals surface area contributed by atoms with E-state index < -0.39 is 0 Å². The first-order chi connectivity index (χ1) is 13.6. The average Bonchev–Trinajstić information content (AvgIpc) is 3.12. The fourth-order valence-corrected chi connectivity index (χ4v) is 3.46. The second kappa shape index (κ2) is 9.32. The average molecular weight is 398 g/mol. The molecular formula is C21H23N3O3S. The van der Waals surface area contributed by atoms with Gasteiger partial charge in [0.25, 0.3) is 0 Å². The molecule has 7 heteroatoms. The summed E-state index contributed by atoms with van der Waals surface area (Å²) in [6, 6.07) is 13.4. The summed E-state index contributed by atoms with van der Waals surface area (Å²) in [4.78, 5) is 17.7. The van der Waals surface area contributed by atoms with Crippen molar-refractivity contribution in [1.82, 2.24) is 9.55 Å². The number of methoxy groups -OCH3 is 2. The van der Waals surface area contributed by atoms with Crippen LogP contribution in [-0.2, 0) is 18.3 Å². The SMILES string of the molecule is COc1cc(CCC(=O)Nc2ccc(Sc3nccn3C)cc2)cc(OC)c1. The van der Waals surface area contributed by atoms with Crippen LogP contribution in [0.3, 0.4) is 0 Å². The van der Waals surface area contributed by atoms with Crippen molar-refractivity contribution in [3.8, 4) is 11.5 Å². The molecule has 28 heavy (non-hydrogen) atoms. The summed E-state index contributed by atoms with van der Waals surface area (Å²) in [6.07, 6.45) is 4.66. The van der Waals surface area contributed by atoms with Crippen molar-refractivity contribution >= 4 is 23.4 Å². The topological polar surface area (TPSA) is 65.4 Å². The third-order valence-corrected chi connectivity index (χ3v) is 5.26. The molecule has 0 aliphatic heterocycles. The highest BCUT2D eigenvalue weighted by Gasteiger charge is 2.07. The van der Waals surface area contributed by atoms with E-state index in [-0.39, 0.29) is 5.91 Å². The predicted molar refractivity (Wildman–Crippen MR) is 110 cm³/mol. The number of amides is 1. The van der Waals surface area contributed by atoms with Crippen LogP contribution in [0.5, 0.6) is 11.5 Å². The van der Waals surface area contributed by atoms with Gasteiger partial charge in [-0.25, -0.2) is 4.98 Å². The van der Waals surface area contributed by atoms with Crippen LogP contribution in [0.15, 0.2) is 64.9 Å². The number of anilines is 1. The number of rotatable bonds is 8. The van der Waals surface area contributed by atoms with Gasteiger partial charge in [0.15, 0.2) is 5.16 Å². The van der Waals surface area contributed by atoms with Crippen LogP contribution in [-0.4, -0.2) is 29.7 Å². The number of imidazole rings is 1. The Bertz CT molecular complexity index is 916.